The van der Waals surface area contributed by atoms with Crippen LogP contribution in [0.1, 0.15) is 13.3 Å². The Morgan fingerprint density at radius 2 is 2.26 bits per heavy atom. The van der Waals surface area contributed by atoms with E-state index in [4.69, 9.17) is 0 Å². The zero-order valence-electron chi connectivity index (χ0n) is 10.4. The van der Waals surface area contributed by atoms with Gasteiger partial charge in [-0.1, -0.05) is 14.9 Å². The lowest BCUT2D eigenvalue weighted by Crippen LogP contribution is -2.32. The summed E-state index contributed by atoms with van der Waals surface area (Å²) in [7, 11) is 5.57. The van der Waals surface area contributed by atoms with Crippen LogP contribution in [0.3, 0.4) is 0 Å². The molecule has 1 N–H and O–H groups in total. The first-order valence-corrected chi connectivity index (χ1v) is 12.3. The summed E-state index contributed by atoms with van der Waals surface area (Å²) in [4.78, 5) is 28.5. The third-order valence-electron chi connectivity index (χ3n) is 2.69. The maximum atomic E-state index is 12.5. The maximum absolute atomic E-state index is 12.5. The average molecular weight is 333 g/mol. The number of nitrogens with zero attached hydrogens (tertiary/aromatic N) is 2. The van der Waals surface area contributed by atoms with Gasteiger partial charge in [-0.2, -0.15) is 0 Å². The minimum atomic E-state index is -0.522. The SMILES string of the molecule is CCCn1[nH]c(=O)c2nccc(P(P)PP)c2c1=O. The lowest BCUT2D eigenvalue weighted by atomic mass is 10.3. The molecule has 0 spiro atoms. The molecule has 0 fully saturated rings. The molecule has 0 radical (unpaired) electrons. The highest BCUT2D eigenvalue weighted by Crippen LogP contribution is 2.65. The predicted octanol–water partition coefficient (Wildman–Crippen LogP) is 1.78. The van der Waals surface area contributed by atoms with E-state index in [0.29, 0.717) is 19.9 Å². The topological polar surface area (TPSA) is 67.8 Å². The molecule has 0 saturated carbocycles. The van der Waals surface area contributed by atoms with Gasteiger partial charge in [-0.15, -0.1) is 17.9 Å². The molecule has 2 aromatic rings. The number of fused-ring (bicyclic) bond motifs is 1. The van der Waals surface area contributed by atoms with Crippen molar-refractivity contribution in [2.45, 2.75) is 19.9 Å². The van der Waals surface area contributed by atoms with E-state index in [1.54, 1.807) is 6.20 Å². The normalized spacial score (nSPS) is 13.4. The second kappa shape index (κ2) is 6.51. The fourth-order valence-corrected chi connectivity index (χ4v) is 5.53. The van der Waals surface area contributed by atoms with Crippen molar-refractivity contribution in [1.82, 2.24) is 14.8 Å². The summed E-state index contributed by atoms with van der Waals surface area (Å²) < 4.78 is 1.38. The Balaban J connectivity index is 2.86. The minimum Gasteiger partial charge on any atom is -0.267 e. The van der Waals surface area contributed by atoms with E-state index >= 15 is 0 Å². The van der Waals surface area contributed by atoms with Crippen molar-refractivity contribution in [3.05, 3.63) is 33.0 Å². The van der Waals surface area contributed by atoms with Crippen LogP contribution in [0.4, 0.5) is 0 Å². The van der Waals surface area contributed by atoms with Crippen LogP contribution in [-0.4, -0.2) is 14.8 Å². The first-order valence-electron chi connectivity index (χ1n) is 5.73. The quantitative estimate of drug-likeness (QED) is 0.868. The van der Waals surface area contributed by atoms with Crippen molar-refractivity contribution < 1.29 is 0 Å². The van der Waals surface area contributed by atoms with Crippen LogP contribution in [0, 0.1) is 0 Å². The van der Waals surface area contributed by atoms with Gasteiger partial charge in [0.25, 0.3) is 11.1 Å². The summed E-state index contributed by atoms with van der Waals surface area (Å²) in [6.07, 6.45) is 2.39. The highest BCUT2D eigenvalue weighted by Gasteiger charge is 2.15. The third kappa shape index (κ3) is 2.96. The first kappa shape index (κ1) is 15.2. The molecule has 2 heterocycles. The number of H-pyrrole nitrogens is 1. The lowest BCUT2D eigenvalue weighted by Gasteiger charge is -2.12. The zero-order valence-corrected chi connectivity index (χ0v) is 14.6. The molecule has 0 aromatic carbocycles. The molecule has 19 heavy (non-hydrogen) atoms. The number of pyridine rings is 1. The summed E-state index contributed by atoms with van der Waals surface area (Å²) in [5.74, 6) is 0. The standard InChI is InChI=1S/C10H15N3O2P4/c1-2-5-13-10(15)7-6(19(17)18-16)3-4-11-8(7)9(14)12-13/h3-4,18H,2,5,16-17H2,1H3,(H,12,14). The van der Waals surface area contributed by atoms with Gasteiger partial charge in [0.1, 0.15) is 5.52 Å². The highest BCUT2D eigenvalue weighted by atomic mass is 32.6. The fourth-order valence-electron chi connectivity index (χ4n) is 1.85. The van der Waals surface area contributed by atoms with Crippen LogP contribution < -0.4 is 16.4 Å². The minimum absolute atomic E-state index is 0.155. The molecule has 4 unspecified atom stereocenters. The summed E-state index contributed by atoms with van der Waals surface area (Å²) in [5.41, 5.74) is -0.212. The molecular weight excluding hydrogens is 318 g/mol. The predicted molar refractivity (Wildman–Crippen MR) is 91.2 cm³/mol. The number of aryl methyl sites for hydroxylation is 1. The van der Waals surface area contributed by atoms with Gasteiger partial charge in [0.15, 0.2) is 0 Å². The lowest BCUT2D eigenvalue weighted by molar-refractivity contribution is 0.566. The van der Waals surface area contributed by atoms with E-state index in [-0.39, 0.29) is 16.6 Å². The van der Waals surface area contributed by atoms with Crippen molar-refractivity contribution >= 4 is 49.3 Å². The van der Waals surface area contributed by atoms with Gasteiger partial charge < -0.3 is 0 Å². The van der Waals surface area contributed by atoms with Crippen LogP contribution in [0.25, 0.3) is 10.9 Å². The Labute approximate surface area is 117 Å². The number of aromatic nitrogens is 3. The van der Waals surface area contributed by atoms with E-state index in [2.05, 4.69) is 27.9 Å². The largest absolute Gasteiger partial charge is 0.289 e. The van der Waals surface area contributed by atoms with Gasteiger partial charge in [0, 0.05) is 18.0 Å². The molecule has 0 aliphatic heterocycles. The Kier molecular flexibility index (Phi) is 5.21. The van der Waals surface area contributed by atoms with Gasteiger partial charge in [-0.25, -0.2) is 4.68 Å². The average Bonchev–Trinajstić information content (AvgIpc) is 2.43. The van der Waals surface area contributed by atoms with E-state index in [1.807, 2.05) is 13.0 Å². The Morgan fingerprint density at radius 1 is 1.53 bits per heavy atom. The second-order valence-electron chi connectivity index (χ2n) is 3.95. The van der Waals surface area contributed by atoms with Crippen LogP contribution in [0.5, 0.6) is 0 Å². The van der Waals surface area contributed by atoms with Crippen molar-refractivity contribution in [3.63, 3.8) is 0 Å². The Hall–Kier alpha value is -0.190. The molecule has 2 rings (SSSR count). The number of aromatic amines is 1. The monoisotopic (exact) mass is 333 g/mol. The van der Waals surface area contributed by atoms with Gasteiger partial charge in [-0.05, 0) is 19.8 Å². The number of hydrogen-bond acceptors (Lipinski definition) is 3. The van der Waals surface area contributed by atoms with Crippen molar-refractivity contribution in [2.75, 3.05) is 0 Å². The fraction of sp³-hybridized carbons (Fsp3) is 0.300. The van der Waals surface area contributed by atoms with Crippen LogP contribution in [-0.2, 0) is 6.54 Å². The van der Waals surface area contributed by atoms with E-state index in [0.717, 1.165) is 11.7 Å². The molecule has 0 bridgehead atoms. The summed E-state index contributed by atoms with van der Waals surface area (Å²) >= 11 is 0. The van der Waals surface area contributed by atoms with Crippen molar-refractivity contribution in [2.24, 2.45) is 0 Å². The third-order valence-corrected chi connectivity index (χ3v) is 12.8. The molecule has 0 aliphatic carbocycles. The molecule has 0 amide bonds. The Bertz CT molecular complexity index is 712. The maximum Gasteiger partial charge on any atom is 0.289 e. The summed E-state index contributed by atoms with van der Waals surface area (Å²) in [5, 5.41) is 3.99. The van der Waals surface area contributed by atoms with E-state index < -0.39 is 7.30 Å². The smallest absolute Gasteiger partial charge is 0.267 e. The summed E-state index contributed by atoms with van der Waals surface area (Å²) in [6, 6.07) is 1.84. The molecule has 2 aromatic heterocycles. The number of rotatable bonds is 4. The van der Waals surface area contributed by atoms with Gasteiger partial charge in [-0.3, -0.25) is 19.7 Å². The molecule has 0 aliphatic rings. The van der Waals surface area contributed by atoms with E-state index in [1.165, 1.54) is 4.68 Å². The van der Waals surface area contributed by atoms with Crippen LogP contribution >= 0.6 is 33.1 Å². The van der Waals surface area contributed by atoms with Gasteiger partial charge in [0.05, 0.1) is 5.39 Å². The first-order chi connectivity index (χ1) is 9.10. The Morgan fingerprint density at radius 3 is 2.89 bits per heavy atom. The number of hydrogen-bond donors (Lipinski definition) is 1. The number of nitrogens with one attached hydrogen (secondary N) is 1. The van der Waals surface area contributed by atoms with Crippen molar-refractivity contribution in [3.8, 4) is 0 Å². The van der Waals surface area contributed by atoms with Gasteiger partial charge in [0.2, 0.25) is 0 Å². The second-order valence-corrected chi connectivity index (χ2v) is 13.1. The molecule has 5 nitrogen and oxygen atoms in total. The van der Waals surface area contributed by atoms with Crippen molar-refractivity contribution in [1.29, 1.82) is 0 Å². The van der Waals surface area contributed by atoms with Crippen LogP contribution in [0.2, 0.25) is 0 Å². The molecule has 0 saturated heterocycles. The summed E-state index contributed by atoms with van der Waals surface area (Å²) in [6.45, 7) is 2.47. The highest BCUT2D eigenvalue weighted by molar-refractivity contribution is 8.63. The van der Waals surface area contributed by atoms with E-state index in [9.17, 15) is 9.59 Å². The zero-order chi connectivity index (χ0) is 14.0. The molecule has 9 heteroatoms. The molecular formula is C10H15N3O2P4. The van der Waals surface area contributed by atoms with Gasteiger partial charge >= 0.3 is 0 Å². The molecule has 102 valence electrons. The van der Waals surface area contributed by atoms with Crippen LogP contribution in [0.15, 0.2) is 21.9 Å². The molecule has 4 atom stereocenters.